The molecule has 1 N–H and O–H groups in total. The van der Waals surface area contributed by atoms with Crippen molar-refractivity contribution in [3.63, 3.8) is 0 Å². The number of amides is 5. The smallest absolute Gasteiger partial charge is 0.321 e. The highest BCUT2D eigenvalue weighted by atomic mass is 35.5. The van der Waals surface area contributed by atoms with Gasteiger partial charge in [-0.3, -0.25) is 4.79 Å². The fraction of sp³-hybridized carbons (Fsp3) is 0.389. The van der Waals surface area contributed by atoms with Crippen molar-refractivity contribution in [1.82, 2.24) is 10.2 Å². The zero-order valence-corrected chi connectivity index (χ0v) is 15.4. The van der Waals surface area contributed by atoms with Gasteiger partial charge in [-0.25, -0.2) is 19.4 Å². The van der Waals surface area contributed by atoms with Gasteiger partial charge in [-0.05, 0) is 31.0 Å². The highest BCUT2D eigenvalue weighted by Gasteiger charge is 2.43. The number of terminal acetylenes is 1. The van der Waals surface area contributed by atoms with Crippen molar-refractivity contribution in [3.05, 3.63) is 28.2 Å². The number of hydrogen-bond donors (Lipinski definition) is 1. The lowest BCUT2D eigenvalue weighted by atomic mass is 9.82. The molecular weight excluding hydrogens is 377 g/mol. The Morgan fingerprint density at radius 3 is 2.31 bits per heavy atom. The molecule has 0 atom stereocenters. The second kappa shape index (κ2) is 7.18. The number of benzene rings is 1. The van der Waals surface area contributed by atoms with Crippen molar-refractivity contribution in [2.75, 3.05) is 11.4 Å². The predicted octanol–water partition coefficient (Wildman–Crippen LogP) is 3.81. The second-order valence-electron chi connectivity index (χ2n) is 6.44. The fourth-order valence-corrected chi connectivity index (χ4v) is 3.83. The first-order valence-corrected chi connectivity index (χ1v) is 9.01. The van der Waals surface area contributed by atoms with Gasteiger partial charge in [0.05, 0.1) is 5.69 Å². The van der Waals surface area contributed by atoms with E-state index in [4.69, 9.17) is 29.6 Å². The molecule has 6 nitrogen and oxygen atoms in total. The Hall–Kier alpha value is -2.23. The summed E-state index contributed by atoms with van der Waals surface area (Å²) in [6.07, 6.45) is 9.80. The van der Waals surface area contributed by atoms with E-state index in [1.165, 1.54) is 18.2 Å². The minimum absolute atomic E-state index is 0.220. The SMILES string of the molecule is C#CC1(NC(=O)N2CC(=O)N(c3cc(Cl)cc(Cl)c3)C2=O)CCCCC1. The first-order chi connectivity index (χ1) is 12.3. The second-order valence-corrected chi connectivity index (χ2v) is 7.32. The average molecular weight is 394 g/mol. The number of hydrogen-bond acceptors (Lipinski definition) is 3. The van der Waals surface area contributed by atoms with E-state index >= 15 is 0 Å². The average Bonchev–Trinajstić information content (AvgIpc) is 2.89. The normalized spacial score (nSPS) is 19.4. The molecule has 0 radical (unpaired) electrons. The Kier molecular flexibility index (Phi) is 5.12. The molecule has 8 heteroatoms. The largest absolute Gasteiger partial charge is 0.340 e. The summed E-state index contributed by atoms with van der Waals surface area (Å²) >= 11 is 11.9. The minimum Gasteiger partial charge on any atom is -0.321 e. The summed E-state index contributed by atoms with van der Waals surface area (Å²) in [7, 11) is 0. The van der Waals surface area contributed by atoms with Gasteiger partial charge in [-0.2, -0.15) is 0 Å². The Labute approximate surface area is 161 Å². The summed E-state index contributed by atoms with van der Waals surface area (Å²) in [5.41, 5.74) is -0.553. The molecule has 5 amide bonds. The molecule has 0 bridgehead atoms. The fourth-order valence-electron chi connectivity index (χ4n) is 3.32. The van der Waals surface area contributed by atoms with Crippen LogP contribution < -0.4 is 10.2 Å². The van der Waals surface area contributed by atoms with E-state index in [1.807, 2.05) is 0 Å². The van der Waals surface area contributed by atoms with Crippen LogP contribution in [0.15, 0.2) is 18.2 Å². The quantitative estimate of drug-likeness (QED) is 0.613. The van der Waals surface area contributed by atoms with Crippen molar-refractivity contribution in [2.45, 2.75) is 37.6 Å². The van der Waals surface area contributed by atoms with Crippen molar-refractivity contribution >= 4 is 46.9 Å². The molecule has 136 valence electrons. The minimum atomic E-state index is -0.772. The van der Waals surface area contributed by atoms with Crippen LogP contribution in [0.4, 0.5) is 15.3 Å². The number of anilines is 1. The van der Waals surface area contributed by atoms with Gasteiger partial charge in [-0.1, -0.05) is 48.4 Å². The van der Waals surface area contributed by atoms with Gasteiger partial charge in [0.15, 0.2) is 0 Å². The summed E-state index contributed by atoms with van der Waals surface area (Å²) in [6.45, 7) is -0.366. The third-order valence-electron chi connectivity index (χ3n) is 4.65. The van der Waals surface area contributed by atoms with Crippen LogP contribution in [0.5, 0.6) is 0 Å². The summed E-state index contributed by atoms with van der Waals surface area (Å²) in [5, 5.41) is 3.33. The molecule has 0 unspecified atom stereocenters. The Morgan fingerprint density at radius 1 is 1.12 bits per heavy atom. The van der Waals surface area contributed by atoms with Crippen molar-refractivity contribution in [3.8, 4) is 12.3 Å². The first-order valence-electron chi connectivity index (χ1n) is 8.26. The van der Waals surface area contributed by atoms with Crippen molar-refractivity contribution < 1.29 is 14.4 Å². The van der Waals surface area contributed by atoms with Crippen LogP contribution in [0.3, 0.4) is 0 Å². The van der Waals surface area contributed by atoms with Crippen LogP contribution in [-0.2, 0) is 4.79 Å². The first kappa shape index (κ1) is 18.6. The molecule has 0 aromatic heterocycles. The van der Waals surface area contributed by atoms with Gasteiger partial charge in [0, 0.05) is 10.0 Å². The van der Waals surface area contributed by atoms with Crippen molar-refractivity contribution in [2.24, 2.45) is 0 Å². The molecule has 1 aliphatic heterocycles. The molecule has 1 saturated carbocycles. The molecule has 1 aromatic carbocycles. The Morgan fingerprint density at radius 2 is 1.73 bits per heavy atom. The molecule has 3 rings (SSSR count). The van der Waals surface area contributed by atoms with Crippen LogP contribution in [0.25, 0.3) is 0 Å². The monoisotopic (exact) mass is 393 g/mol. The van der Waals surface area contributed by atoms with E-state index in [2.05, 4.69) is 11.2 Å². The third-order valence-corrected chi connectivity index (χ3v) is 5.08. The van der Waals surface area contributed by atoms with E-state index in [-0.39, 0.29) is 22.3 Å². The van der Waals surface area contributed by atoms with E-state index < -0.39 is 23.5 Å². The van der Waals surface area contributed by atoms with E-state index in [9.17, 15) is 14.4 Å². The molecular formula is C18H17Cl2N3O3. The van der Waals surface area contributed by atoms with E-state index in [1.54, 1.807) is 0 Å². The number of rotatable bonds is 2. The van der Waals surface area contributed by atoms with Gasteiger partial charge in [0.25, 0.3) is 5.91 Å². The maximum absolute atomic E-state index is 12.6. The highest BCUT2D eigenvalue weighted by Crippen LogP contribution is 2.30. The number of nitrogens with one attached hydrogen (secondary N) is 1. The maximum Gasteiger partial charge on any atom is 0.340 e. The predicted molar refractivity (Wildman–Crippen MR) is 99.2 cm³/mol. The highest BCUT2D eigenvalue weighted by molar-refractivity contribution is 6.35. The number of halogens is 2. The lowest BCUT2D eigenvalue weighted by Gasteiger charge is -2.34. The number of carbonyl (C=O) groups excluding carboxylic acids is 3. The van der Waals surface area contributed by atoms with E-state index in [0.29, 0.717) is 12.8 Å². The number of imide groups is 2. The van der Waals surface area contributed by atoms with E-state index in [0.717, 1.165) is 29.1 Å². The van der Waals surface area contributed by atoms with Crippen LogP contribution in [0.1, 0.15) is 32.1 Å². The number of urea groups is 2. The molecule has 1 heterocycles. The van der Waals surface area contributed by atoms with Gasteiger partial charge in [-0.15, -0.1) is 6.42 Å². The summed E-state index contributed by atoms with van der Waals surface area (Å²) < 4.78 is 0. The lowest BCUT2D eigenvalue weighted by molar-refractivity contribution is -0.116. The van der Waals surface area contributed by atoms with Crippen LogP contribution >= 0.6 is 23.2 Å². The molecule has 0 spiro atoms. The van der Waals surface area contributed by atoms with Gasteiger partial charge in [0.2, 0.25) is 0 Å². The molecule has 2 fully saturated rings. The summed E-state index contributed by atoms with van der Waals surface area (Å²) in [5.74, 6) is 2.11. The molecule has 1 saturated heterocycles. The summed E-state index contributed by atoms with van der Waals surface area (Å²) in [4.78, 5) is 39.3. The number of nitrogens with zero attached hydrogens (tertiary/aromatic N) is 2. The van der Waals surface area contributed by atoms with Crippen LogP contribution in [-0.4, -0.2) is 35.0 Å². The zero-order valence-electron chi connectivity index (χ0n) is 13.9. The third kappa shape index (κ3) is 3.50. The van der Waals surface area contributed by atoms with Gasteiger partial charge < -0.3 is 5.32 Å². The number of carbonyl (C=O) groups is 3. The Balaban J connectivity index is 1.80. The molecule has 26 heavy (non-hydrogen) atoms. The standard InChI is InChI=1S/C18H17Cl2N3O3/c1-2-18(6-4-3-5-7-18)21-16(25)22-11-15(24)23(17(22)26)14-9-12(19)8-13(20)10-14/h1,8-10H,3-7,11H2,(H,21,25). The van der Waals surface area contributed by atoms with Crippen molar-refractivity contribution in [1.29, 1.82) is 0 Å². The summed E-state index contributed by atoms with van der Waals surface area (Å²) in [6, 6.07) is 2.94. The molecule has 2 aliphatic rings. The zero-order chi connectivity index (χ0) is 18.9. The van der Waals surface area contributed by atoms with Gasteiger partial charge in [0.1, 0.15) is 12.1 Å². The van der Waals surface area contributed by atoms with Crippen LogP contribution in [0.2, 0.25) is 10.0 Å². The Bertz CT molecular complexity index is 792. The van der Waals surface area contributed by atoms with Crippen LogP contribution in [0, 0.1) is 12.3 Å². The molecule has 1 aliphatic carbocycles. The topological polar surface area (TPSA) is 69.7 Å². The van der Waals surface area contributed by atoms with Gasteiger partial charge >= 0.3 is 12.1 Å². The lowest BCUT2D eigenvalue weighted by Crippen LogP contribution is -2.54. The molecule has 1 aromatic rings. The maximum atomic E-state index is 12.6.